The SMILES string of the molecule is Cc1ccc2nc(C3CCN(C(=O)c4ccc(Br)cc4)CC3)[nH]c2c1. The van der Waals surface area contributed by atoms with E-state index in [0.29, 0.717) is 5.92 Å². The maximum atomic E-state index is 12.6. The van der Waals surface area contributed by atoms with Crippen molar-refractivity contribution in [1.29, 1.82) is 0 Å². The Morgan fingerprint density at radius 1 is 1.16 bits per heavy atom. The number of carbonyl (C=O) groups is 1. The summed E-state index contributed by atoms with van der Waals surface area (Å²) in [6.45, 7) is 3.64. The molecule has 1 saturated heterocycles. The Kier molecular flexibility index (Phi) is 4.34. The number of carbonyl (C=O) groups excluding carboxylic acids is 1. The van der Waals surface area contributed by atoms with Crippen LogP contribution in [0, 0.1) is 6.92 Å². The Labute approximate surface area is 155 Å². The molecule has 0 atom stereocenters. The molecule has 25 heavy (non-hydrogen) atoms. The van der Waals surface area contributed by atoms with Gasteiger partial charge in [0.25, 0.3) is 5.91 Å². The highest BCUT2D eigenvalue weighted by molar-refractivity contribution is 9.10. The summed E-state index contributed by atoms with van der Waals surface area (Å²) in [5, 5.41) is 0. The molecule has 1 aliphatic rings. The van der Waals surface area contributed by atoms with Crippen LogP contribution < -0.4 is 0 Å². The number of likely N-dealkylation sites (tertiary alicyclic amines) is 1. The van der Waals surface area contributed by atoms with Gasteiger partial charge in [0.1, 0.15) is 5.82 Å². The Balaban J connectivity index is 1.45. The van der Waals surface area contributed by atoms with Gasteiger partial charge in [0.15, 0.2) is 0 Å². The third-order valence-electron chi connectivity index (χ3n) is 4.92. The molecule has 0 aliphatic carbocycles. The monoisotopic (exact) mass is 397 g/mol. The van der Waals surface area contributed by atoms with E-state index in [-0.39, 0.29) is 5.91 Å². The average molecular weight is 398 g/mol. The van der Waals surface area contributed by atoms with Gasteiger partial charge in [0.05, 0.1) is 11.0 Å². The van der Waals surface area contributed by atoms with Crippen LogP contribution in [0.5, 0.6) is 0 Å². The normalized spacial score (nSPS) is 15.7. The number of nitrogens with one attached hydrogen (secondary N) is 1. The summed E-state index contributed by atoms with van der Waals surface area (Å²) in [7, 11) is 0. The van der Waals surface area contributed by atoms with Crippen molar-refractivity contribution >= 4 is 32.9 Å². The molecular formula is C20H20BrN3O. The number of H-pyrrole nitrogens is 1. The third-order valence-corrected chi connectivity index (χ3v) is 5.44. The van der Waals surface area contributed by atoms with E-state index < -0.39 is 0 Å². The summed E-state index contributed by atoms with van der Waals surface area (Å²) in [6, 6.07) is 13.9. The van der Waals surface area contributed by atoms with Gasteiger partial charge in [-0.05, 0) is 61.7 Å². The zero-order valence-electron chi connectivity index (χ0n) is 14.1. The molecule has 3 aromatic rings. The molecule has 1 amide bonds. The predicted molar refractivity (Wildman–Crippen MR) is 103 cm³/mol. The molecule has 0 bridgehead atoms. The maximum absolute atomic E-state index is 12.6. The predicted octanol–water partition coefficient (Wildman–Crippen LogP) is 4.65. The smallest absolute Gasteiger partial charge is 0.253 e. The Bertz CT molecular complexity index is 908. The molecule has 4 rings (SSSR count). The lowest BCUT2D eigenvalue weighted by Gasteiger charge is -2.31. The summed E-state index contributed by atoms with van der Waals surface area (Å²) in [5.41, 5.74) is 4.11. The van der Waals surface area contributed by atoms with Crippen LogP contribution in [0.15, 0.2) is 46.9 Å². The summed E-state index contributed by atoms with van der Waals surface area (Å²) >= 11 is 3.41. The molecular weight excluding hydrogens is 378 g/mol. The highest BCUT2D eigenvalue weighted by atomic mass is 79.9. The van der Waals surface area contributed by atoms with E-state index in [0.717, 1.165) is 52.8 Å². The molecule has 1 aromatic heterocycles. The van der Waals surface area contributed by atoms with Crippen molar-refractivity contribution in [2.75, 3.05) is 13.1 Å². The first-order chi connectivity index (χ1) is 12.1. The van der Waals surface area contributed by atoms with Crippen molar-refractivity contribution < 1.29 is 4.79 Å². The zero-order chi connectivity index (χ0) is 17.4. The first kappa shape index (κ1) is 16.3. The number of benzene rings is 2. The van der Waals surface area contributed by atoms with E-state index in [1.165, 1.54) is 5.56 Å². The average Bonchev–Trinajstić information content (AvgIpc) is 3.05. The van der Waals surface area contributed by atoms with Crippen LogP contribution in [0.25, 0.3) is 11.0 Å². The molecule has 1 aliphatic heterocycles. The molecule has 0 spiro atoms. The molecule has 4 nitrogen and oxygen atoms in total. The summed E-state index contributed by atoms with van der Waals surface area (Å²) in [6.07, 6.45) is 1.89. The van der Waals surface area contributed by atoms with Crippen molar-refractivity contribution in [1.82, 2.24) is 14.9 Å². The fourth-order valence-corrected chi connectivity index (χ4v) is 3.73. The van der Waals surface area contributed by atoms with Crippen LogP contribution in [-0.2, 0) is 0 Å². The zero-order valence-corrected chi connectivity index (χ0v) is 15.7. The molecule has 5 heteroatoms. The van der Waals surface area contributed by atoms with Crippen LogP contribution in [-0.4, -0.2) is 33.9 Å². The van der Waals surface area contributed by atoms with Crippen LogP contribution in [0.2, 0.25) is 0 Å². The fraction of sp³-hybridized carbons (Fsp3) is 0.300. The first-order valence-corrected chi connectivity index (χ1v) is 9.40. The minimum atomic E-state index is 0.117. The molecule has 2 heterocycles. The first-order valence-electron chi connectivity index (χ1n) is 8.61. The van der Waals surface area contributed by atoms with E-state index in [1.54, 1.807) is 0 Å². The van der Waals surface area contributed by atoms with Gasteiger partial charge in [-0.3, -0.25) is 4.79 Å². The number of piperidine rings is 1. The van der Waals surface area contributed by atoms with Crippen LogP contribution in [0.3, 0.4) is 0 Å². The largest absolute Gasteiger partial charge is 0.342 e. The van der Waals surface area contributed by atoms with Gasteiger partial charge < -0.3 is 9.88 Å². The van der Waals surface area contributed by atoms with E-state index in [9.17, 15) is 4.79 Å². The van der Waals surface area contributed by atoms with E-state index in [2.05, 4.69) is 46.0 Å². The number of aromatic nitrogens is 2. The van der Waals surface area contributed by atoms with E-state index in [1.807, 2.05) is 29.2 Å². The van der Waals surface area contributed by atoms with Crippen molar-refractivity contribution in [3.8, 4) is 0 Å². The summed E-state index contributed by atoms with van der Waals surface area (Å²) in [4.78, 5) is 22.8. The molecule has 1 N–H and O–H groups in total. The van der Waals surface area contributed by atoms with Crippen LogP contribution in [0.1, 0.15) is 40.5 Å². The standard InChI is InChI=1S/C20H20BrN3O/c1-13-2-7-17-18(12-13)23-19(22-17)14-8-10-24(11-9-14)20(25)15-3-5-16(21)6-4-15/h2-7,12,14H,8-11H2,1H3,(H,22,23). The van der Waals surface area contributed by atoms with Gasteiger partial charge >= 0.3 is 0 Å². The minimum absolute atomic E-state index is 0.117. The van der Waals surface area contributed by atoms with Gasteiger partial charge in [0, 0.05) is 29.0 Å². The number of nitrogens with zero attached hydrogens (tertiary/aromatic N) is 2. The third kappa shape index (κ3) is 3.33. The lowest BCUT2D eigenvalue weighted by Crippen LogP contribution is -2.38. The van der Waals surface area contributed by atoms with Gasteiger partial charge in [-0.2, -0.15) is 0 Å². The summed E-state index contributed by atoms with van der Waals surface area (Å²) in [5.74, 6) is 1.56. The topological polar surface area (TPSA) is 49.0 Å². The molecule has 0 saturated carbocycles. The summed E-state index contributed by atoms with van der Waals surface area (Å²) < 4.78 is 0.989. The number of hydrogen-bond acceptors (Lipinski definition) is 2. The number of amides is 1. The fourth-order valence-electron chi connectivity index (χ4n) is 3.47. The molecule has 2 aromatic carbocycles. The minimum Gasteiger partial charge on any atom is -0.342 e. The molecule has 128 valence electrons. The number of hydrogen-bond donors (Lipinski definition) is 1. The van der Waals surface area contributed by atoms with Gasteiger partial charge in [-0.1, -0.05) is 22.0 Å². The van der Waals surface area contributed by atoms with Crippen molar-refractivity contribution in [3.05, 3.63) is 63.9 Å². The van der Waals surface area contributed by atoms with Gasteiger partial charge in [-0.25, -0.2) is 4.98 Å². The maximum Gasteiger partial charge on any atom is 0.253 e. The van der Waals surface area contributed by atoms with Crippen molar-refractivity contribution in [2.24, 2.45) is 0 Å². The van der Waals surface area contributed by atoms with Crippen molar-refractivity contribution in [2.45, 2.75) is 25.7 Å². The second kappa shape index (κ2) is 6.64. The van der Waals surface area contributed by atoms with Gasteiger partial charge in [0.2, 0.25) is 0 Å². The van der Waals surface area contributed by atoms with Crippen molar-refractivity contribution in [3.63, 3.8) is 0 Å². The van der Waals surface area contributed by atoms with Crippen LogP contribution >= 0.6 is 15.9 Å². The van der Waals surface area contributed by atoms with Crippen LogP contribution in [0.4, 0.5) is 0 Å². The van der Waals surface area contributed by atoms with Gasteiger partial charge in [-0.15, -0.1) is 0 Å². The number of halogens is 1. The number of rotatable bonds is 2. The number of aromatic amines is 1. The second-order valence-corrected chi connectivity index (χ2v) is 7.63. The number of imidazole rings is 1. The quantitative estimate of drug-likeness (QED) is 0.683. The second-order valence-electron chi connectivity index (χ2n) is 6.72. The van der Waals surface area contributed by atoms with E-state index >= 15 is 0 Å². The molecule has 1 fully saturated rings. The Hall–Kier alpha value is -2.14. The lowest BCUT2D eigenvalue weighted by molar-refractivity contribution is 0.0711. The Morgan fingerprint density at radius 2 is 1.88 bits per heavy atom. The molecule has 0 unspecified atom stereocenters. The number of fused-ring (bicyclic) bond motifs is 1. The lowest BCUT2D eigenvalue weighted by atomic mass is 9.95. The van der Waals surface area contributed by atoms with E-state index in [4.69, 9.17) is 4.98 Å². The molecule has 0 radical (unpaired) electrons. The highest BCUT2D eigenvalue weighted by Crippen LogP contribution is 2.28. The number of aryl methyl sites for hydroxylation is 1. The highest BCUT2D eigenvalue weighted by Gasteiger charge is 2.26. The Morgan fingerprint density at radius 3 is 2.60 bits per heavy atom.